The fourth-order valence-corrected chi connectivity index (χ4v) is 1.60. The summed E-state index contributed by atoms with van der Waals surface area (Å²) in [6.07, 6.45) is 2.97. The van der Waals surface area contributed by atoms with Gasteiger partial charge in [-0.2, -0.15) is 0 Å². The summed E-state index contributed by atoms with van der Waals surface area (Å²) in [7, 11) is 3.74. The van der Waals surface area contributed by atoms with Gasteiger partial charge in [-0.15, -0.1) is 0 Å². The van der Waals surface area contributed by atoms with Gasteiger partial charge in [-0.3, -0.25) is 14.6 Å². The summed E-state index contributed by atoms with van der Waals surface area (Å²) in [5.74, 6) is -0.457. The summed E-state index contributed by atoms with van der Waals surface area (Å²) in [4.78, 5) is 29.5. The van der Waals surface area contributed by atoms with E-state index in [9.17, 15) is 9.59 Å². The van der Waals surface area contributed by atoms with Gasteiger partial charge in [0.05, 0.1) is 12.8 Å². The van der Waals surface area contributed by atoms with Crippen LogP contribution < -0.4 is 10.2 Å². The summed E-state index contributed by atoms with van der Waals surface area (Å²) in [6.45, 7) is -0.125. The second kappa shape index (κ2) is 6.01. The Morgan fingerprint density at radius 1 is 1.35 bits per heavy atom. The molecule has 20 heavy (non-hydrogen) atoms. The van der Waals surface area contributed by atoms with E-state index in [2.05, 4.69) is 10.3 Å². The summed E-state index contributed by atoms with van der Waals surface area (Å²) >= 11 is 0. The molecule has 0 spiro atoms. The number of hydrogen-bond donors (Lipinski definition) is 1. The van der Waals surface area contributed by atoms with Crippen molar-refractivity contribution in [3.8, 4) is 0 Å². The topological polar surface area (TPSA) is 75.4 Å². The van der Waals surface area contributed by atoms with Crippen LogP contribution in [0.25, 0.3) is 0 Å². The predicted octanol–water partition coefficient (Wildman–Crippen LogP) is 1.35. The number of rotatable bonds is 5. The van der Waals surface area contributed by atoms with Crippen molar-refractivity contribution >= 4 is 17.4 Å². The number of nitrogens with zero attached hydrogens (tertiary/aromatic N) is 2. The number of aromatic nitrogens is 1. The quantitative estimate of drug-likeness (QED) is 0.832. The number of anilines is 1. The minimum absolute atomic E-state index is 0.125. The smallest absolute Gasteiger partial charge is 0.270 e. The van der Waals surface area contributed by atoms with Crippen molar-refractivity contribution in [1.82, 2.24) is 10.3 Å². The van der Waals surface area contributed by atoms with Gasteiger partial charge in [-0.1, -0.05) is 0 Å². The van der Waals surface area contributed by atoms with Gasteiger partial charge < -0.3 is 14.6 Å². The second-order valence-electron chi connectivity index (χ2n) is 4.38. The number of carbonyl (C=O) groups excluding carboxylic acids is 2. The van der Waals surface area contributed by atoms with Crippen LogP contribution in [0.1, 0.15) is 21.0 Å². The number of pyridine rings is 1. The van der Waals surface area contributed by atoms with Crippen molar-refractivity contribution in [3.05, 3.63) is 48.2 Å². The van der Waals surface area contributed by atoms with Crippen molar-refractivity contribution in [2.24, 2.45) is 0 Å². The summed E-state index contributed by atoms with van der Waals surface area (Å²) in [6, 6.07) is 6.63. The highest BCUT2D eigenvalue weighted by molar-refractivity contribution is 6.00. The standard InChI is InChI=1S/C14H15N3O3/c1-17(2)10-5-6-15-11(8-10)14(19)16-9-12(18)13-4-3-7-20-13/h3-8H,9H2,1-2H3,(H,16,19). The molecule has 0 fully saturated rings. The maximum absolute atomic E-state index is 11.9. The second-order valence-corrected chi connectivity index (χ2v) is 4.38. The zero-order valence-corrected chi connectivity index (χ0v) is 11.3. The molecule has 0 aliphatic carbocycles. The molecule has 0 aliphatic rings. The first-order valence-corrected chi connectivity index (χ1v) is 6.06. The zero-order chi connectivity index (χ0) is 14.5. The molecule has 0 unspecified atom stereocenters. The predicted molar refractivity (Wildman–Crippen MR) is 73.9 cm³/mol. The summed E-state index contributed by atoms with van der Waals surface area (Å²) < 4.78 is 4.96. The van der Waals surface area contributed by atoms with Crippen molar-refractivity contribution in [1.29, 1.82) is 0 Å². The lowest BCUT2D eigenvalue weighted by Gasteiger charge is -2.12. The molecular formula is C14H15N3O3. The number of amides is 1. The third-order valence-corrected chi connectivity index (χ3v) is 2.70. The van der Waals surface area contributed by atoms with Crippen LogP contribution >= 0.6 is 0 Å². The van der Waals surface area contributed by atoms with E-state index in [0.717, 1.165) is 5.69 Å². The van der Waals surface area contributed by atoms with E-state index in [1.165, 1.54) is 6.26 Å². The zero-order valence-electron chi connectivity index (χ0n) is 11.3. The first kappa shape index (κ1) is 13.8. The number of ketones is 1. The van der Waals surface area contributed by atoms with E-state index < -0.39 is 5.91 Å². The van der Waals surface area contributed by atoms with Crippen LogP contribution in [0.2, 0.25) is 0 Å². The Bertz CT molecular complexity index is 606. The maximum Gasteiger partial charge on any atom is 0.270 e. The van der Waals surface area contributed by atoms with Crippen molar-refractivity contribution in [2.75, 3.05) is 25.5 Å². The SMILES string of the molecule is CN(C)c1ccnc(C(=O)NCC(=O)c2ccco2)c1. The molecule has 6 nitrogen and oxygen atoms in total. The highest BCUT2D eigenvalue weighted by Gasteiger charge is 2.13. The van der Waals surface area contributed by atoms with Gasteiger partial charge in [-0.05, 0) is 24.3 Å². The van der Waals surface area contributed by atoms with Crippen LogP contribution in [-0.4, -0.2) is 37.3 Å². The molecule has 0 aliphatic heterocycles. The Morgan fingerprint density at radius 2 is 2.15 bits per heavy atom. The third-order valence-electron chi connectivity index (χ3n) is 2.70. The minimum Gasteiger partial charge on any atom is -0.461 e. The Balaban J connectivity index is 1.98. The van der Waals surface area contributed by atoms with E-state index >= 15 is 0 Å². The Hall–Kier alpha value is -2.63. The third kappa shape index (κ3) is 3.23. The molecule has 0 bridgehead atoms. The molecule has 0 atom stereocenters. The number of carbonyl (C=O) groups is 2. The lowest BCUT2D eigenvalue weighted by Crippen LogP contribution is -2.30. The van der Waals surface area contributed by atoms with Crippen LogP contribution in [0.3, 0.4) is 0 Å². The van der Waals surface area contributed by atoms with Crippen molar-refractivity contribution in [2.45, 2.75) is 0 Å². The van der Waals surface area contributed by atoms with E-state index in [4.69, 9.17) is 4.42 Å². The average molecular weight is 273 g/mol. The average Bonchev–Trinajstić information content (AvgIpc) is 2.98. The first-order valence-electron chi connectivity index (χ1n) is 6.06. The minimum atomic E-state index is -0.395. The van der Waals surface area contributed by atoms with Gasteiger partial charge in [0.15, 0.2) is 5.76 Å². The highest BCUT2D eigenvalue weighted by Crippen LogP contribution is 2.10. The molecule has 1 amide bonds. The molecule has 2 rings (SSSR count). The largest absolute Gasteiger partial charge is 0.461 e. The molecular weight excluding hydrogens is 258 g/mol. The summed E-state index contributed by atoms with van der Waals surface area (Å²) in [5, 5.41) is 2.52. The molecule has 0 aromatic carbocycles. The number of nitrogens with one attached hydrogen (secondary N) is 1. The molecule has 2 aromatic heterocycles. The van der Waals surface area contributed by atoms with Gasteiger partial charge >= 0.3 is 0 Å². The van der Waals surface area contributed by atoms with Gasteiger partial charge in [0.1, 0.15) is 5.69 Å². The van der Waals surface area contributed by atoms with Crippen LogP contribution in [0.15, 0.2) is 41.1 Å². The van der Waals surface area contributed by atoms with Crippen LogP contribution in [0, 0.1) is 0 Å². The molecule has 2 heterocycles. The van der Waals surface area contributed by atoms with E-state index in [1.807, 2.05) is 19.0 Å². The Morgan fingerprint density at radius 3 is 2.80 bits per heavy atom. The van der Waals surface area contributed by atoms with Gasteiger partial charge in [0.25, 0.3) is 5.91 Å². The van der Waals surface area contributed by atoms with Gasteiger partial charge in [0, 0.05) is 26.0 Å². The maximum atomic E-state index is 11.9. The van der Waals surface area contributed by atoms with Gasteiger partial charge in [0.2, 0.25) is 5.78 Å². The molecule has 2 aromatic rings. The van der Waals surface area contributed by atoms with Gasteiger partial charge in [-0.25, -0.2) is 0 Å². The lowest BCUT2D eigenvalue weighted by atomic mass is 10.2. The molecule has 6 heteroatoms. The summed E-state index contributed by atoms with van der Waals surface area (Å²) in [5.41, 5.74) is 1.13. The van der Waals surface area contributed by atoms with Crippen LogP contribution in [-0.2, 0) is 0 Å². The number of Topliss-reactive ketones (excluding diaryl/α,β-unsaturated/α-hetero) is 1. The Kier molecular flexibility index (Phi) is 4.14. The van der Waals surface area contributed by atoms with Crippen LogP contribution in [0.4, 0.5) is 5.69 Å². The van der Waals surface area contributed by atoms with Crippen molar-refractivity contribution in [3.63, 3.8) is 0 Å². The van der Waals surface area contributed by atoms with Crippen LogP contribution in [0.5, 0.6) is 0 Å². The molecule has 0 saturated heterocycles. The van der Waals surface area contributed by atoms with Crippen molar-refractivity contribution < 1.29 is 14.0 Å². The van der Waals surface area contributed by atoms with E-state index in [-0.39, 0.29) is 23.8 Å². The Labute approximate surface area is 116 Å². The fraction of sp³-hybridized carbons (Fsp3) is 0.214. The fourth-order valence-electron chi connectivity index (χ4n) is 1.60. The lowest BCUT2D eigenvalue weighted by molar-refractivity contribution is 0.0889. The highest BCUT2D eigenvalue weighted by atomic mass is 16.3. The molecule has 104 valence electrons. The normalized spacial score (nSPS) is 10.1. The monoisotopic (exact) mass is 273 g/mol. The van der Waals surface area contributed by atoms with E-state index in [1.54, 1.807) is 30.5 Å². The molecule has 0 saturated carbocycles. The molecule has 0 radical (unpaired) electrons. The molecule has 1 N–H and O–H groups in total. The number of furan rings is 1. The van der Waals surface area contributed by atoms with E-state index in [0.29, 0.717) is 0 Å². The first-order chi connectivity index (χ1) is 9.58. The number of hydrogen-bond acceptors (Lipinski definition) is 5.